The van der Waals surface area contributed by atoms with Crippen LogP contribution in [0, 0.1) is 5.82 Å². The van der Waals surface area contributed by atoms with Gasteiger partial charge in [-0.2, -0.15) is 0 Å². The zero-order chi connectivity index (χ0) is 18.4. The molecular weight excluding hydrogens is 341 g/mol. The van der Waals surface area contributed by atoms with Gasteiger partial charge in [0.2, 0.25) is 0 Å². The van der Waals surface area contributed by atoms with Crippen LogP contribution in [-0.4, -0.2) is 21.6 Å². The van der Waals surface area contributed by atoms with Gasteiger partial charge in [0.15, 0.2) is 0 Å². The van der Waals surface area contributed by atoms with Gasteiger partial charge in [-0.25, -0.2) is 9.37 Å². The summed E-state index contributed by atoms with van der Waals surface area (Å²) in [5, 5.41) is 4.30. The molecule has 1 N–H and O–H groups in total. The highest BCUT2D eigenvalue weighted by atomic mass is 19.1. The van der Waals surface area contributed by atoms with Crippen molar-refractivity contribution >= 4 is 10.9 Å². The Bertz CT molecular complexity index is 1080. The standard InChI is InChI=1S/C22H22FN3O/c23-17-4-1-3-15(13-17)16-5-6-18-19(14-16)25-20-7-9-22(8-2-11-24-22)10-12-26(20)21(18)27/h1,3-6,13-14,24H,2,7-12H2. The van der Waals surface area contributed by atoms with Crippen molar-refractivity contribution in [3.63, 3.8) is 0 Å². The lowest BCUT2D eigenvalue weighted by Gasteiger charge is -2.27. The summed E-state index contributed by atoms with van der Waals surface area (Å²) >= 11 is 0. The minimum absolute atomic E-state index is 0.0378. The van der Waals surface area contributed by atoms with E-state index in [9.17, 15) is 9.18 Å². The van der Waals surface area contributed by atoms with Gasteiger partial charge in [0.25, 0.3) is 5.56 Å². The van der Waals surface area contributed by atoms with Crippen LogP contribution in [0.5, 0.6) is 0 Å². The highest BCUT2D eigenvalue weighted by Gasteiger charge is 2.35. The molecule has 1 aromatic heterocycles. The van der Waals surface area contributed by atoms with Crippen LogP contribution in [0.1, 0.15) is 31.5 Å². The second kappa shape index (κ2) is 6.27. The van der Waals surface area contributed by atoms with Crippen molar-refractivity contribution in [2.75, 3.05) is 6.54 Å². The monoisotopic (exact) mass is 363 g/mol. The lowest BCUT2D eigenvalue weighted by molar-refractivity contribution is 0.322. The lowest BCUT2D eigenvalue weighted by atomic mass is 9.89. The molecule has 1 saturated heterocycles. The quantitative estimate of drug-likeness (QED) is 0.718. The zero-order valence-electron chi connectivity index (χ0n) is 15.2. The van der Waals surface area contributed by atoms with E-state index in [1.54, 1.807) is 6.07 Å². The maximum atomic E-state index is 13.6. The largest absolute Gasteiger partial charge is 0.311 e. The minimum atomic E-state index is -0.267. The van der Waals surface area contributed by atoms with Gasteiger partial charge in [-0.05, 0) is 67.6 Å². The SMILES string of the molecule is O=c1c2ccc(-c3cccc(F)c3)cc2nc2n1CCC1(CCCN1)CC2. The second-order valence-corrected chi connectivity index (χ2v) is 7.79. The van der Waals surface area contributed by atoms with Gasteiger partial charge in [0, 0.05) is 18.5 Å². The van der Waals surface area contributed by atoms with E-state index in [-0.39, 0.29) is 16.9 Å². The molecule has 5 rings (SSSR count). The van der Waals surface area contributed by atoms with Gasteiger partial charge in [0.05, 0.1) is 10.9 Å². The normalized spacial score (nSPS) is 22.1. The van der Waals surface area contributed by atoms with Crippen molar-refractivity contribution in [1.29, 1.82) is 0 Å². The number of rotatable bonds is 1. The van der Waals surface area contributed by atoms with Gasteiger partial charge in [0.1, 0.15) is 11.6 Å². The van der Waals surface area contributed by atoms with Crippen molar-refractivity contribution in [3.05, 3.63) is 64.5 Å². The molecule has 5 heteroatoms. The Hall–Kier alpha value is -2.53. The summed E-state index contributed by atoms with van der Waals surface area (Å²) in [5.74, 6) is 0.603. The Morgan fingerprint density at radius 3 is 2.78 bits per heavy atom. The maximum absolute atomic E-state index is 13.6. The van der Waals surface area contributed by atoms with Crippen LogP contribution in [0.15, 0.2) is 47.3 Å². The summed E-state index contributed by atoms with van der Waals surface area (Å²) in [4.78, 5) is 17.9. The number of fused-ring (bicyclic) bond motifs is 2. The Kier molecular flexibility index (Phi) is 3.86. The van der Waals surface area contributed by atoms with Gasteiger partial charge < -0.3 is 5.32 Å². The van der Waals surface area contributed by atoms with Crippen LogP contribution in [0.3, 0.4) is 0 Å². The van der Waals surface area contributed by atoms with E-state index in [0.717, 1.165) is 49.3 Å². The van der Waals surface area contributed by atoms with E-state index in [0.29, 0.717) is 10.9 Å². The molecule has 1 atom stereocenters. The number of benzene rings is 2. The van der Waals surface area contributed by atoms with Crippen molar-refractivity contribution in [2.24, 2.45) is 0 Å². The molecule has 2 aliphatic heterocycles. The van der Waals surface area contributed by atoms with E-state index in [2.05, 4.69) is 5.32 Å². The highest BCUT2D eigenvalue weighted by molar-refractivity contribution is 5.83. The van der Waals surface area contributed by atoms with Gasteiger partial charge in [-0.15, -0.1) is 0 Å². The topological polar surface area (TPSA) is 46.9 Å². The Balaban J connectivity index is 1.59. The van der Waals surface area contributed by atoms with Crippen molar-refractivity contribution in [3.8, 4) is 11.1 Å². The molecule has 3 heterocycles. The fourth-order valence-electron chi connectivity index (χ4n) is 4.63. The smallest absolute Gasteiger partial charge is 0.261 e. The Morgan fingerprint density at radius 2 is 1.96 bits per heavy atom. The molecular formula is C22H22FN3O. The Morgan fingerprint density at radius 1 is 1.07 bits per heavy atom. The van der Waals surface area contributed by atoms with Crippen molar-refractivity contribution < 1.29 is 4.39 Å². The molecule has 1 spiro atoms. The number of halogens is 1. The third-order valence-corrected chi connectivity index (χ3v) is 6.17. The van der Waals surface area contributed by atoms with E-state index < -0.39 is 0 Å². The van der Waals surface area contributed by atoms with Gasteiger partial charge in [-0.1, -0.05) is 18.2 Å². The van der Waals surface area contributed by atoms with E-state index in [1.807, 2.05) is 28.8 Å². The molecule has 2 aliphatic rings. The van der Waals surface area contributed by atoms with E-state index >= 15 is 0 Å². The predicted molar refractivity (Wildman–Crippen MR) is 104 cm³/mol. The first-order valence-corrected chi connectivity index (χ1v) is 9.68. The first kappa shape index (κ1) is 16.6. The number of aromatic nitrogens is 2. The molecule has 1 unspecified atom stereocenters. The molecule has 0 saturated carbocycles. The number of nitrogens with one attached hydrogen (secondary N) is 1. The summed E-state index contributed by atoms with van der Waals surface area (Å²) < 4.78 is 15.4. The molecule has 0 amide bonds. The first-order chi connectivity index (χ1) is 13.1. The lowest BCUT2D eigenvalue weighted by Crippen LogP contribution is -2.40. The van der Waals surface area contributed by atoms with Crippen LogP contribution < -0.4 is 10.9 Å². The van der Waals surface area contributed by atoms with E-state index in [4.69, 9.17) is 4.98 Å². The summed E-state index contributed by atoms with van der Waals surface area (Å²) in [7, 11) is 0. The fourth-order valence-corrected chi connectivity index (χ4v) is 4.63. The predicted octanol–water partition coefficient (Wildman–Crippen LogP) is 3.66. The molecule has 0 aliphatic carbocycles. The van der Waals surface area contributed by atoms with Crippen LogP contribution in [-0.2, 0) is 13.0 Å². The van der Waals surface area contributed by atoms with Crippen LogP contribution in [0.4, 0.5) is 4.39 Å². The molecule has 0 bridgehead atoms. The van der Waals surface area contributed by atoms with Crippen molar-refractivity contribution in [2.45, 2.75) is 44.2 Å². The van der Waals surface area contributed by atoms with Gasteiger partial charge in [-0.3, -0.25) is 9.36 Å². The second-order valence-electron chi connectivity index (χ2n) is 7.79. The van der Waals surface area contributed by atoms with Crippen LogP contribution in [0.25, 0.3) is 22.0 Å². The van der Waals surface area contributed by atoms with Crippen LogP contribution in [0.2, 0.25) is 0 Å². The summed E-state index contributed by atoms with van der Waals surface area (Å²) in [6, 6.07) is 12.1. The molecule has 3 aromatic rings. The maximum Gasteiger partial charge on any atom is 0.261 e. The third kappa shape index (κ3) is 2.86. The molecule has 1 fully saturated rings. The zero-order valence-corrected chi connectivity index (χ0v) is 15.2. The minimum Gasteiger partial charge on any atom is -0.311 e. The Labute approximate surface area is 157 Å². The van der Waals surface area contributed by atoms with Gasteiger partial charge >= 0.3 is 0 Å². The number of nitrogens with zero attached hydrogens (tertiary/aromatic N) is 2. The number of hydrogen-bond acceptors (Lipinski definition) is 3. The van der Waals surface area contributed by atoms with Crippen LogP contribution >= 0.6 is 0 Å². The van der Waals surface area contributed by atoms with Crippen molar-refractivity contribution in [1.82, 2.24) is 14.9 Å². The summed E-state index contributed by atoms with van der Waals surface area (Å²) in [6.45, 7) is 1.79. The average molecular weight is 363 g/mol. The fraction of sp³-hybridized carbons (Fsp3) is 0.364. The van der Waals surface area contributed by atoms with E-state index in [1.165, 1.54) is 25.0 Å². The summed E-state index contributed by atoms with van der Waals surface area (Å²) in [5.41, 5.74) is 2.57. The average Bonchev–Trinajstić information content (AvgIpc) is 3.06. The third-order valence-electron chi connectivity index (χ3n) is 6.17. The number of aryl methyl sites for hydroxylation is 1. The molecule has 27 heavy (non-hydrogen) atoms. The first-order valence-electron chi connectivity index (χ1n) is 9.68. The molecule has 138 valence electrons. The molecule has 0 radical (unpaired) electrons. The highest BCUT2D eigenvalue weighted by Crippen LogP contribution is 2.31. The molecule has 4 nitrogen and oxygen atoms in total. The summed E-state index contributed by atoms with van der Waals surface area (Å²) in [6.07, 6.45) is 5.20. The number of hydrogen-bond donors (Lipinski definition) is 1. The molecule has 2 aromatic carbocycles.